The van der Waals surface area contributed by atoms with Crippen LogP contribution in [0.3, 0.4) is 0 Å². The van der Waals surface area contributed by atoms with E-state index in [1.807, 2.05) is 17.5 Å². The summed E-state index contributed by atoms with van der Waals surface area (Å²) in [6, 6.07) is 3.40. The van der Waals surface area contributed by atoms with E-state index in [0.717, 1.165) is 4.88 Å². The number of amides is 1. The number of halogens is 1. The number of ether oxygens (including phenoxy) is 1. The highest BCUT2D eigenvalue weighted by Crippen LogP contribution is 2.23. The third-order valence-electron chi connectivity index (χ3n) is 2.48. The normalized spacial score (nSPS) is 13.7. The lowest BCUT2D eigenvalue weighted by molar-refractivity contribution is -0.141. The maximum absolute atomic E-state index is 11.8. The molecule has 0 saturated carbocycles. The molecule has 2 atom stereocenters. The number of alkyl halides is 1. The first kappa shape index (κ1) is 15.0. The Kier molecular flexibility index (Phi) is 6.15. The van der Waals surface area contributed by atoms with Gasteiger partial charge in [0.25, 0.3) is 0 Å². The Morgan fingerprint density at radius 1 is 1.56 bits per heavy atom. The van der Waals surface area contributed by atoms with Crippen LogP contribution in [0.5, 0.6) is 0 Å². The fraction of sp³-hybridized carbons (Fsp3) is 0.500. The highest BCUT2D eigenvalue weighted by molar-refractivity contribution is 7.10. The molecule has 0 aliphatic carbocycles. The molecule has 100 valence electrons. The maximum Gasteiger partial charge on any atom is 0.307 e. The molecule has 0 bridgehead atoms. The quantitative estimate of drug-likeness (QED) is 0.646. The van der Waals surface area contributed by atoms with Crippen molar-refractivity contribution in [3.8, 4) is 0 Å². The molecule has 0 spiro atoms. The molecular weight excluding hydrogens is 274 g/mol. The van der Waals surface area contributed by atoms with Gasteiger partial charge in [0, 0.05) is 16.7 Å². The van der Waals surface area contributed by atoms with E-state index in [4.69, 9.17) is 11.6 Å². The molecule has 1 aromatic rings. The van der Waals surface area contributed by atoms with Gasteiger partial charge in [-0.25, -0.2) is 0 Å². The van der Waals surface area contributed by atoms with Crippen molar-refractivity contribution in [2.75, 3.05) is 13.0 Å². The lowest BCUT2D eigenvalue weighted by atomic mass is 10.1. The van der Waals surface area contributed by atoms with Gasteiger partial charge in [-0.15, -0.1) is 22.9 Å². The van der Waals surface area contributed by atoms with Crippen LogP contribution in [-0.2, 0) is 14.3 Å². The molecule has 6 heteroatoms. The van der Waals surface area contributed by atoms with Gasteiger partial charge >= 0.3 is 5.97 Å². The number of esters is 1. The first-order chi connectivity index (χ1) is 8.58. The van der Waals surface area contributed by atoms with E-state index >= 15 is 0 Å². The van der Waals surface area contributed by atoms with Gasteiger partial charge in [-0.3, -0.25) is 9.59 Å². The smallest absolute Gasteiger partial charge is 0.307 e. The number of carbonyl (C=O) groups excluding carboxylic acids is 2. The van der Waals surface area contributed by atoms with Crippen LogP contribution in [0.2, 0.25) is 0 Å². The molecule has 0 saturated heterocycles. The fourth-order valence-electron chi connectivity index (χ4n) is 1.35. The zero-order valence-corrected chi connectivity index (χ0v) is 11.9. The fourth-order valence-corrected chi connectivity index (χ4v) is 2.26. The summed E-state index contributed by atoms with van der Waals surface area (Å²) in [7, 11) is 1.33. The lowest BCUT2D eigenvalue weighted by Crippen LogP contribution is -2.34. The van der Waals surface area contributed by atoms with Crippen molar-refractivity contribution in [2.45, 2.75) is 19.4 Å². The molecule has 18 heavy (non-hydrogen) atoms. The summed E-state index contributed by atoms with van der Waals surface area (Å²) in [6.45, 7) is 1.74. The van der Waals surface area contributed by atoms with E-state index in [2.05, 4.69) is 10.1 Å². The Morgan fingerprint density at radius 3 is 2.78 bits per heavy atom. The summed E-state index contributed by atoms with van der Waals surface area (Å²) in [4.78, 5) is 24.1. The molecule has 0 radical (unpaired) electrons. The number of methoxy groups -OCH3 is 1. The molecule has 0 aromatic carbocycles. The largest absolute Gasteiger partial charge is 0.469 e. The minimum absolute atomic E-state index is 0.123. The Hall–Kier alpha value is -1.07. The minimum Gasteiger partial charge on any atom is -0.469 e. The first-order valence-corrected chi connectivity index (χ1v) is 6.96. The Balaban J connectivity index is 2.72. The van der Waals surface area contributed by atoms with E-state index in [0.29, 0.717) is 0 Å². The number of nitrogens with one attached hydrogen (secondary N) is 1. The van der Waals surface area contributed by atoms with Crippen LogP contribution in [0.25, 0.3) is 0 Å². The highest BCUT2D eigenvalue weighted by Gasteiger charge is 2.22. The van der Waals surface area contributed by atoms with Gasteiger partial charge in [-0.1, -0.05) is 13.0 Å². The van der Waals surface area contributed by atoms with Crippen LogP contribution >= 0.6 is 22.9 Å². The minimum atomic E-state index is -0.354. The van der Waals surface area contributed by atoms with E-state index < -0.39 is 0 Å². The lowest BCUT2D eigenvalue weighted by Gasteiger charge is -2.18. The monoisotopic (exact) mass is 289 g/mol. The number of hydrogen-bond donors (Lipinski definition) is 1. The van der Waals surface area contributed by atoms with Crippen molar-refractivity contribution >= 4 is 34.8 Å². The van der Waals surface area contributed by atoms with Gasteiger partial charge in [0.1, 0.15) is 0 Å². The van der Waals surface area contributed by atoms with Gasteiger partial charge in [0.2, 0.25) is 5.91 Å². The van der Waals surface area contributed by atoms with Crippen LogP contribution in [0.15, 0.2) is 17.5 Å². The summed E-state index contributed by atoms with van der Waals surface area (Å²) in [5, 5.41) is 4.72. The second-order valence-corrected chi connectivity index (χ2v) is 5.20. The summed E-state index contributed by atoms with van der Waals surface area (Å²) >= 11 is 7.13. The molecule has 0 aliphatic rings. The van der Waals surface area contributed by atoms with Gasteiger partial charge in [0.05, 0.1) is 19.6 Å². The van der Waals surface area contributed by atoms with Crippen LogP contribution in [0.4, 0.5) is 0 Å². The summed E-state index contributed by atoms with van der Waals surface area (Å²) < 4.78 is 4.64. The van der Waals surface area contributed by atoms with Crippen molar-refractivity contribution in [1.29, 1.82) is 0 Å². The van der Waals surface area contributed by atoms with Crippen LogP contribution < -0.4 is 5.32 Å². The maximum atomic E-state index is 11.8. The Labute approximate surface area is 115 Å². The van der Waals surface area contributed by atoms with E-state index in [9.17, 15) is 9.59 Å². The van der Waals surface area contributed by atoms with Crippen molar-refractivity contribution in [3.63, 3.8) is 0 Å². The molecule has 2 unspecified atom stereocenters. The number of rotatable bonds is 6. The van der Waals surface area contributed by atoms with Gasteiger partial charge < -0.3 is 10.1 Å². The van der Waals surface area contributed by atoms with Crippen molar-refractivity contribution < 1.29 is 14.3 Å². The second kappa shape index (κ2) is 7.38. The van der Waals surface area contributed by atoms with Crippen LogP contribution in [0, 0.1) is 5.92 Å². The molecule has 1 rings (SSSR count). The third kappa shape index (κ3) is 4.31. The third-order valence-corrected chi connectivity index (χ3v) is 3.93. The Morgan fingerprint density at radius 2 is 2.28 bits per heavy atom. The predicted octanol–water partition coefficient (Wildman–Crippen LogP) is 2.34. The van der Waals surface area contributed by atoms with Crippen molar-refractivity contribution in [1.82, 2.24) is 5.32 Å². The van der Waals surface area contributed by atoms with E-state index in [1.165, 1.54) is 18.4 Å². The highest BCUT2D eigenvalue weighted by atomic mass is 35.5. The average Bonchev–Trinajstić information content (AvgIpc) is 2.90. The number of thiophene rings is 1. The molecule has 0 fully saturated rings. The first-order valence-electron chi connectivity index (χ1n) is 5.55. The standard InChI is InChI=1S/C12H16ClNO3S/c1-8(7-13)12(16)14-9(6-11(15)17-2)10-4-3-5-18-10/h3-5,8-9H,6-7H2,1-2H3,(H,14,16). The van der Waals surface area contributed by atoms with Crippen LogP contribution in [-0.4, -0.2) is 24.9 Å². The summed E-state index contributed by atoms with van der Waals surface area (Å²) in [5.41, 5.74) is 0. The molecule has 0 aliphatic heterocycles. The topological polar surface area (TPSA) is 55.4 Å². The van der Waals surface area contributed by atoms with Crippen molar-refractivity contribution in [2.24, 2.45) is 5.92 Å². The van der Waals surface area contributed by atoms with E-state index in [1.54, 1.807) is 6.92 Å². The predicted molar refractivity (Wildman–Crippen MR) is 71.7 cm³/mol. The summed E-state index contributed by atoms with van der Waals surface area (Å²) in [5.74, 6) is -0.549. The van der Waals surface area contributed by atoms with E-state index in [-0.39, 0.29) is 36.1 Å². The molecular formula is C12H16ClNO3S. The van der Waals surface area contributed by atoms with Crippen molar-refractivity contribution in [3.05, 3.63) is 22.4 Å². The second-order valence-electron chi connectivity index (χ2n) is 3.91. The van der Waals surface area contributed by atoms with Gasteiger partial charge in [-0.05, 0) is 11.4 Å². The molecule has 1 heterocycles. The molecule has 1 amide bonds. The Bertz CT molecular complexity index is 394. The molecule has 4 nitrogen and oxygen atoms in total. The van der Waals surface area contributed by atoms with Gasteiger partial charge in [0.15, 0.2) is 0 Å². The number of hydrogen-bond acceptors (Lipinski definition) is 4. The number of carbonyl (C=O) groups is 2. The molecule has 1 N–H and O–H groups in total. The SMILES string of the molecule is COC(=O)CC(NC(=O)C(C)CCl)c1cccs1. The summed E-state index contributed by atoms with van der Waals surface area (Å²) in [6.07, 6.45) is 0.123. The zero-order chi connectivity index (χ0) is 13.5. The zero-order valence-electron chi connectivity index (χ0n) is 10.3. The average molecular weight is 290 g/mol. The van der Waals surface area contributed by atoms with Crippen LogP contribution in [0.1, 0.15) is 24.3 Å². The van der Waals surface area contributed by atoms with Gasteiger partial charge in [-0.2, -0.15) is 0 Å². The molecule has 1 aromatic heterocycles.